The van der Waals surface area contributed by atoms with Crippen LogP contribution >= 0.6 is 11.6 Å². The van der Waals surface area contributed by atoms with Gasteiger partial charge in [-0.15, -0.1) is 21.8 Å². The first kappa shape index (κ1) is 12.1. The Kier molecular flexibility index (Phi) is 3.20. The fraction of sp³-hybridized carbons (Fsp3) is 0.385. The summed E-state index contributed by atoms with van der Waals surface area (Å²) >= 11 is 5.92. The van der Waals surface area contributed by atoms with Gasteiger partial charge in [-0.1, -0.05) is 30.3 Å². The van der Waals surface area contributed by atoms with Crippen molar-refractivity contribution in [2.45, 2.75) is 31.6 Å². The Morgan fingerprint density at radius 1 is 1.18 bits per heavy atom. The van der Waals surface area contributed by atoms with Gasteiger partial charge in [0.1, 0.15) is 5.38 Å². The summed E-state index contributed by atoms with van der Waals surface area (Å²) in [7, 11) is 0. The number of nitrogens with zero attached hydrogens (tertiary/aromatic N) is 2. The highest BCUT2D eigenvalue weighted by atomic mass is 35.5. The van der Waals surface area contributed by atoms with Gasteiger partial charge >= 0.3 is 0 Å². The highest BCUT2D eigenvalue weighted by Gasteiger charge is 2.29. The van der Waals surface area contributed by atoms with Crippen LogP contribution in [0.3, 0.4) is 0 Å². The summed E-state index contributed by atoms with van der Waals surface area (Å²) < 4.78 is 5.61. The van der Waals surface area contributed by atoms with Gasteiger partial charge in [0, 0.05) is 0 Å². The molecule has 4 heteroatoms. The van der Waals surface area contributed by atoms with Crippen molar-refractivity contribution < 1.29 is 4.42 Å². The third kappa shape index (κ3) is 2.34. The first-order chi connectivity index (χ1) is 8.01. The van der Waals surface area contributed by atoms with E-state index in [9.17, 15) is 0 Å². The molecule has 17 heavy (non-hydrogen) atoms. The van der Waals surface area contributed by atoms with Gasteiger partial charge in [-0.25, -0.2) is 0 Å². The SMILES string of the molecule is CC(Cl)c1nnc(C(C)(C)c2ccccc2)o1. The van der Waals surface area contributed by atoms with Gasteiger partial charge < -0.3 is 4.42 Å². The molecule has 0 bridgehead atoms. The molecule has 0 aliphatic rings. The molecule has 0 fully saturated rings. The molecular formula is C13H15ClN2O. The van der Waals surface area contributed by atoms with E-state index in [4.69, 9.17) is 16.0 Å². The molecule has 0 saturated heterocycles. The number of aromatic nitrogens is 2. The summed E-state index contributed by atoms with van der Waals surface area (Å²) in [5, 5.41) is 7.78. The van der Waals surface area contributed by atoms with E-state index in [1.807, 2.05) is 37.3 Å². The van der Waals surface area contributed by atoms with Crippen LogP contribution in [-0.4, -0.2) is 10.2 Å². The predicted octanol–water partition coefficient (Wildman–Crippen LogP) is 3.70. The number of benzene rings is 1. The Labute approximate surface area is 106 Å². The lowest BCUT2D eigenvalue weighted by atomic mass is 9.85. The Morgan fingerprint density at radius 2 is 1.82 bits per heavy atom. The van der Waals surface area contributed by atoms with Crippen LogP contribution in [0.1, 0.15) is 43.5 Å². The van der Waals surface area contributed by atoms with Gasteiger partial charge in [0.25, 0.3) is 0 Å². The van der Waals surface area contributed by atoms with Gasteiger partial charge in [-0.2, -0.15) is 0 Å². The van der Waals surface area contributed by atoms with E-state index in [0.29, 0.717) is 11.8 Å². The number of alkyl halides is 1. The fourth-order valence-corrected chi connectivity index (χ4v) is 1.71. The summed E-state index contributed by atoms with van der Waals surface area (Å²) in [5.74, 6) is 1.05. The Morgan fingerprint density at radius 3 is 2.35 bits per heavy atom. The van der Waals surface area contributed by atoms with Crippen molar-refractivity contribution in [1.82, 2.24) is 10.2 Å². The van der Waals surface area contributed by atoms with Crippen molar-refractivity contribution in [2.75, 3.05) is 0 Å². The van der Waals surface area contributed by atoms with Crippen molar-refractivity contribution in [3.05, 3.63) is 47.7 Å². The van der Waals surface area contributed by atoms with Gasteiger partial charge in [0.15, 0.2) is 0 Å². The maximum Gasteiger partial charge on any atom is 0.234 e. The molecule has 2 aromatic rings. The van der Waals surface area contributed by atoms with Crippen LogP contribution in [0.2, 0.25) is 0 Å². The third-order valence-electron chi connectivity index (χ3n) is 2.81. The Bertz CT molecular complexity index is 491. The monoisotopic (exact) mass is 250 g/mol. The lowest BCUT2D eigenvalue weighted by Gasteiger charge is -2.20. The maximum absolute atomic E-state index is 5.92. The molecule has 0 aliphatic carbocycles. The number of hydrogen-bond acceptors (Lipinski definition) is 3. The highest BCUT2D eigenvalue weighted by molar-refractivity contribution is 6.20. The van der Waals surface area contributed by atoms with Crippen LogP contribution < -0.4 is 0 Å². The van der Waals surface area contributed by atoms with Crippen molar-refractivity contribution in [2.24, 2.45) is 0 Å². The van der Waals surface area contributed by atoms with E-state index in [2.05, 4.69) is 24.0 Å². The second-order valence-corrected chi connectivity index (χ2v) is 5.21. The van der Waals surface area contributed by atoms with Crippen LogP contribution in [0.5, 0.6) is 0 Å². The van der Waals surface area contributed by atoms with Gasteiger partial charge in [-0.3, -0.25) is 0 Å². The molecule has 0 N–H and O–H groups in total. The molecule has 0 radical (unpaired) electrons. The van der Waals surface area contributed by atoms with E-state index in [0.717, 1.165) is 5.56 Å². The second-order valence-electron chi connectivity index (χ2n) is 4.55. The van der Waals surface area contributed by atoms with Crippen LogP contribution in [0.25, 0.3) is 0 Å². The molecule has 0 saturated carbocycles. The first-order valence-electron chi connectivity index (χ1n) is 5.55. The van der Waals surface area contributed by atoms with Crippen LogP contribution in [0, 0.1) is 0 Å². The molecule has 3 nitrogen and oxygen atoms in total. The average molecular weight is 251 g/mol. The minimum atomic E-state index is -0.307. The van der Waals surface area contributed by atoms with E-state index in [1.54, 1.807) is 0 Å². The smallest absolute Gasteiger partial charge is 0.234 e. The van der Waals surface area contributed by atoms with Crippen molar-refractivity contribution in [3.8, 4) is 0 Å². The molecule has 1 unspecified atom stereocenters. The topological polar surface area (TPSA) is 38.9 Å². The molecular weight excluding hydrogens is 236 g/mol. The quantitative estimate of drug-likeness (QED) is 0.780. The molecule has 1 atom stereocenters. The van der Waals surface area contributed by atoms with E-state index in [1.165, 1.54) is 0 Å². The van der Waals surface area contributed by atoms with Crippen molar-refractivity contribution in [3.63, 3.8) is 0 Å². The van der Waals surface area contributed by atoms with E-state index in [-0.39, 0.29) is 10.8 Å². The lowest BCUT2D eigenvalue weighted by molar-refractivity contribution is 0.388. The third-order valence-corrected chi connectivity index (χ3v) is 3.00. The Balaban J connectivity index is 2.37. The zero-order chi connectivity index (χ0) is 12.5. The second kappa shape index (κ2) is 4.49. The highest BCUT2D eigenvalue weighted by Crippen LogP contribution is 2.31. The molecule has 1 aromatic heterocycles. The summed E-state index contributed by atoms with van der Waals surface area (Å²) in [6, 6.07) is 10.1. The lowest BCUT2D eigenvalue weighted by Crippen LogP contribution is -2.19. The minimum absolute atomic E-state index is 0.261. The van der Waals surface area contributed by atoms with Gasteiger partial charge in [-0.05, 0) is 26.3 Å². The average Bonchev–Trinajstić information content (AvgIpc) is 2.80. The zero-order valence-electron chi connectivity index (χ0n) is 10.1. The number of hydrogen-bond donors (Lipinski definition) is 0. The summed E-state index contributed by atoms with van der Waals surface area (Å²) in [5.41, 5.74) is 0.829. The van der Waals surface area contributed by atoms with Crippen LogP contribution in [0.15, 0.2) is 34.7 Å². The number of halogens is 1. The molecule has 2 rings (SSSR count). The predicted molar refractivity (Wildman–Crippen MR) is 67.1 cm³/mol. The zero-order valence-corrected chi connectivity index (χ0v) is 10.9. The van der Waals surface area contributed by atoms with Crippen LogP contribution in [-0.2, 0) is 5.41 Å². The summed E-state index contributed by atoms with van der Waals surface area (Å²) in [6.07, 6.45) is 0. The standard InChI is InChI=1S/C13H15ClN2O/c1-9(14)11-15-16-12(17-11)13(2,3)10-7-5-4-6-8-10/h4-9H,1-3H3. The van der Waals surface area contributed by atoms with E-state index < -0.39 is 0 Å². The van der Waals surface area contributed by atoms with Crippen LogP contribution in [0.4, 0.5) is 0 Å². The normalized spacial score (nSPS) is 13.6. The molecule has 0 amide bonds. The van der Waals surface area contributed by atoms with Crippen molar-refractivity contribution in [1.29, 1.82) is 0 Å². The Hall–Kier alpha value is -1.35. The largest absolute Gasteiger partial charge is 0.423 e. The first-order valence-corrected chi connectivity index (χ1v) is 5.99. The molecule has 1 aromatic carbocycles. The maximum atomic E-state index is 5.92. The molecule has 1 heterocycles. The molecule has 0 spiro atoms. The number of rotatable bonds is 3. The van der Waals surface area contributed by atoms with Gasteiger partial charge in [0.05, 0.1) is 5.41 Å². The van der Waals surface area contributed by atoms with E-state index >= 15 is 0 Å². The minimum Gasteiger partial charge on any atom is -0.423 e. The molecule has 0 aliphatic heterocycles. The molecule has 90 valence electrons. The fourth-order valence-electron chi connectivity index (χ4n) is 1.63. The summed E-state index contributed by atoms with van der Waals surface area (Å²) in [6.45, 7) is 5.92. The van der Waals surface area contributed by atoms with Crippen molar-refractivity contribution >= 4 is 11.6 Å². The summed E-state index contributed by atoms with van der Waals surface area (Å²) in [4.78, 5) is 0. The van der Waals surface area contributed by atoms with Gasteiger partial charge in [0.2, 0.25) is 11.8 Å².